The fraction of sp³-hybridized carbons (Fsp3) is 0.222. The van der Waals surface area contributed by atoms with E-state index < -0.39 is 0 Å². The van der Waals surface area contributed by atoms with Crippen LogP contribution in [0.4, 0.5) is 0 Å². The van der Waals surface area contributed by atoms with E-state index in [-0.39, 0.29) is 5.78 Å². The second kappa shape index (κ2) is 2.38. The first-order valence-corrected chi connectivity index (χ1v) is 4.53. The molecule has 0 radical (unpaired) electrons. The van der Waals surface area contributed by atoms with E-state index in [2.05, 4.69) is 0 Å². The van der Waals surface area contributed by atoms with Crippen LogP contribution >= 0.6 is 11.8 Å². The van der Waals surface area contributed by atoms with Gasteiger partial charge in [-0.05, 0) is 12.5 Å². The Morgan fingerprint density at radius 1 is 1.45 bits per heavy atom. The number of Topliss-reactive ketones (excluding diaryl/α,β-unsaturated/α-hetero) is 1. The quantitative estimate of drug-likeness (QED) is 0.585. The van der Waals surface area contributed by atoms with Crippen molar-refractivity contribution in [1.29, 1.82) is 0 Å². The third-order valence-corrected chi connectivity index (χ3v) is 3.10. The number of fused-ring (bicyclic) bond motifs is 1. The van der Waals surface area contributed by atoms with Gasteiger partial charge in [-0.25, -0.2) is 0 Å². The molecule has 1 aliphatic heterocycles. The SMILES string of the molecule is Cc1cccc2c1SCC2=O. The first kappa shape index (κ1) is 6.92. The predicted octanol–water partition coefficient (Wildman–Crippen LogP) is 2.28. The topological polar surface area (TPSA) is 17.1 Å². The Labute approximate surface area is 69.8 Å². The van der Waals surface area contributed by atoms with Gasteiger partial charge >= 0.3 is 0 Å². The molecule has 0 saturated heterocycles. The van der Waals surface area contributed by atoms with Gasteiger partial charge in [0.15, 0.2) is 5.78 Å². The van der Waals surface area contributed by atoms with Crippen LogP contribution in [-0.2, 0) is 0 Å². The molecule has 1 aromatic rings. The van der Waals surface area contributed by atoms with Crippen molar-refractivity contribution in [2.75, 3.05) is 5.75 Å². The van der Waals surface area contributed by atoms with Crippen LogP contribution in [0, 0.1) is 6.92 Å². The highest BCUT2D eigenvalue weighted by molar-refractivity contribution is 8.00. The molecule has 0 aromatic heterocycles. The third kappa shape index (κ3) is 0.979. The molecule has 0 fully saturated rings. The molecule has 0 aliphatic carbocycles. The van der Waals surface area contributed by atoms with Gasteiger partial charge in [-0.15, -0.1) is 11.8 Å². The van der Waals surface area contributed by atoms with E-state index in [0.717, 1.165) is 5.56 Å². The normalized spacial score (nSPS) is 15.2. The van der Waals surface area contributed by atoms with E-state index in [1.54, 1.807) is 11.8 Å². The summed E-state index contributed by atoms with van der Waals surface area (Å²) in [5, 5.41) is 0. The number of benzene rings is 1. The number of rotatable bonds is 0. The van der Waals surface area contributed by atoms with Crippen LogP contribution in [-0.4, -0.2) is 11.5 Å². The fourth-order valence-electron chi connectivity index (χ4n) is 1.28. The number of hydrogen-bond acceptors (Lipinski definition) is 2. The summed E-state index contributed by atoms with van der Waals surface area (Å²) in [4.78, 5) is 12.4. The van der Waals surface area contributed by atoms with Crippen molar-refractivity contribution in [1.82, 2.24) is 0 Å². The molecule has 0 bridgehead atoms. The van der Waals surface area contributed by atoms with Crippen LogP contribution in [0.5, 0.6) is 0 Å². The average molecular weight is 164 g/mol. The molecule has 0 saturated carbocycles. The molecule has 11 heavy (non-hydrogen) atoms. The Morgan fingerprint density at radius 3 is 3.00 bits per heavy atom. The summed E-state index contributed by atoms with van der Waals surface area (Å²) in [6, 6.07) is 5.90. The van der Waals surface area contributed by atoms with E-state index in [1.165, 1.54) is 10.5 Å². The molecule has 0 spiro atoms. The second-order valence-corrected chi connectivity index (χ2v) is 3.65. The minimum Gasteiger partial charge on any atom is -0.293 e. The number of aryl methyl sites for hydroxylation is 1. The Kier molecular flexibility index (Phi) is 1.50. The molecule has 2 heteroatoms. The molecule has 0 amide bonds. The van der Waals surface area contributed by atoms with Crippen LogP contribution in [0.1, 0.15) is 15.9 Å². The van der Waals surface area contributed by atoms with E-state index in [4.69, 9.17) is 0 Å². The molecule has 0 N–H and O–H groups in total. The van der Waals surface area contributed by atoms with E-state index >= 15 is 0 Å². The number of hydrogen-bond donors (Lipinski definition) is 0. The molecule has 2 rings (SSSR count). The van der Waals surface area contributed by atoms with Crippen LogP contribution in [0.15, 0.2) is 23.1 Å². The number of thioether (sulfide) groups is 1. The molecule has 1 aromatic carbocycles. The summed E-state index contributed by atoms with van der Waals surface area (Å²) in [6.07, 6.45) is 0. The number of ketones is 1. The summed E-state index contributed by atoms with van der Waals surface area (Å²) >= 11 is 1.65. The zero-order valence-corrected chi connectivity index (χ0v) is 7.07. The minimum atomic E-state index is 0.272. The monoisotopic (exact) mass is 164 g/mol. The van der Waals surface area contributed by atoms with Gasteiger partial charge in [-0.3, -0.25) is 4.79 Å². The lowest BCUT2D eigenvalue weighted by Crippen LogP contribution is -1.94. The maximum Gasteiger partial charge on any atom is 0.174 e. The highest BCUT2D eigenvalue weighted by atomic mass is 32.2. The Bertz CT molecular complexity index is 317. The van der Waals surface area contributed by atoms with Gasteiger partial charge < -0.3 is 0 Å². The standard InChI is InChI=1S/C9H8OS/c1-6-3-2-4-7-8(10)5-11-9(6)7/h2-4H,5H2,1H3. The van der Waals surface area contributed by atoms with Crippen LogP contribution in [0.25, 0.3) is 0 Å². The van der Waals surface area contributed by atoms with Crippen LogP contribution in [0.2, 0.25) is 0 Å². The fourth-order valence-corrected chi connectivity index (χ4v) is 2.34. The van der Waals surface area contributed by atoms with Crippen molar-refractivity contribution in [3.63, 3.8) is 0 Å². The first-order chi connectivity index (χ1) is 5.29. The van der Waals surface area contributed by atoms with Gasteiger partial charge in [0.2, 0.25) is 0 Å². The van der Waals surface area contributed by atoms with Crippen molar-refractivity contribution in [3.8, 4) is 0 Å². The minimum absolute atomic E-state index is 0.272. The van der Waals surface area contributed by atoms with E-state index in [0.29, 0.717) is 5.75 Å². The Hall–Kier alpha value is -0.760. The molecule has 1 heterocycles. The van der Waals surface area contributed by atoms with Crippen molar-refractivity contribution in [2.45, 2.75) is 11.8 Å². The maximum atomic E-state index is 11.2. The smallest absolute Gasteiger partial charge is 0.174 e. The van der Waals surface area contributed by atoms with Crippen molar-refractivity contribution in [3.05, 3.63) is 29.3 Å². The summed E-state index contributed by atoms with van der Waals surface area (Å²) in [7, 11) is 0. The van der Waals surface area contributed by atoms with Crippen molar-refractivity contribution >= 4 is 17.5 Å². The van der Waals surface area contributed by atoms with E-state index in [1.807, 2.05) is 25.1 Å². The van der Waals surface area contributed by atoms with Gasteiger partial charge in [0.1, 0.15) is 0 Å². The van der Waals surface area contributed by atoms with Gasteiger partial charge in [0.05, 0.1) is 5.75 Å². The zero-order chi connectivity index (χ0) is 7.84. The largest absolute Gasteiger partial charge is 0.293 e. The van der Waals surface area contributed by atoms with Gasteiger partial charge in [0, 0.05) is 10.5 Å². The molecule has 0 atom stereocenters. The highest BCUT2D eigenvalue weighted by Crippen LogP contribution is 2.33. The van der Waals surface area contributed by atoms with Crippen LogP contribution < -0.4 is 0 Å². The number of carbonyl (C=O) groups excluding carboxylic acids is 1. The average Bonchev–Trinajstić information content (AvgIpc) is 2.35. The number of carbonyl (C=O) groups is 1. The van der Waals surface area contributed by atoms with Gasteiger partial charge in [-0.1, -0.05) is 18.2 Å². The highest BCUT2D eigenvalue weighted by Gasteiger charge is 2.20. The van der Waals surface area contributed by atoms with Crippen molar-refractivity contribution in [2.24, 2.45) is 0 Å². The maximum absolute atomic E-state index is 11.2. The molecule has 56 valence electrons. The summed E-state index contributed by atoms with van der Waals surface area (Å²) in [6.45, 7) is 2.05. The third-order valence-electron chi connectivity index (χ3n) is 1.86. The molecular weight excluding hydrogens is 156 g/mol. The zero-order valence-electron chi connectivity index (χ0n) is 6.26. The first-order valence-electron chi connectivity index (χ1n) is 3.54. The van der Waals surface area contributed by atoms with Crippen LogP contribution in [0.3, 0.4) is 0 Å². The summed E-state index contributed by atoms with van der Waals surface area (Å²) in [5.74, 6) is 0.897. The Morgan fingerprint density at radius 2 is 2.27 bits per heavy atom. The molecule has 1 aliphatic rings. The Balaban J connectivity index is 2.66. The van der Waals surface area contributed by atoms with Gasteiger partial charge in [-0.2, -0.15) is 0 Å². The second-order valence-electron chi connectivity index (χ2n) is 2.66. The van der Waals surface area contributed by atoms with E-state index in [9.17, 15) is 4.79 Å². The molecule has 1 nitrogen and oxygen atoms in total. The summed E-state index contributed by atoms with van der Waals surface area (Å²) < 4.78 is 0. The lowest BCUT2D eigenvalue weighted by molar-refractivity contribution is 0.102. The van der Waals surface area contributed by atoms with Gasteiger partial charge in [0.25, 0.3) is 0 Å². The molecule has 0 unspecified atom stereocenters. The summed E-state index contributed by atoms with van der Waals surface area (Å²) in [5.41, 5.74) is 2.13. The predicted molar refractivity (Wildman–Crippen MR) is 46.2 cm³/mol. The van der Waals surface area contributed by atoms with Crippen molar-refractivity contribution < 1.29 is 4.79 Å². The molecular formula is C9H8OS. The lowest BCUT2D eigenvalue weighted by Gasteiger charge is -1.98. The lowest BCUT2D eigenvalue weighted by atomic mass is 10.1.